The number of rotatable bonds is 3. The van der Waals surface area contributed by atoms with Crippen LogP contribution in [0.25, 0.3) is 0 Å². The molecule has 0 amide bonds. The molecule has 0 aliphatic rings. The Hall–Kier alpha value is -1.26. The van der Waals surface area contributed by atoms with Gasteiger partial charge in [0.2, 0.25) is 0 Å². The average molecular weight is 246 g/mol. The molecule has 0 aliphatic carbocycles. The van der Waals surface area contributed by atoms with Crippen LogP contribution in [0.3, 0.4) is 0 Å². The molecule has 1 heterocycles. The number of halogens is 3. The minimum Gasteiger partial charge on any atom is -0.368 e. The molecule has 1 aromatic heterocycles. The second kappa shape index (κ2) is 4.94. The van der Waals surface area contributed by atoms with Crippen LogP contribution in [0.2, 0.25) is 0 Å². The van der Waals surface area contributed by atoms with E-state index >= 15 is 0 Å². The van der Waals surface area contributed by atoms with E-state index < -0.39 is 11.7 Å². The van der Waals surface area contributed by atoms with Crippen molar-refractivity contribution in [2.75, 3.05) is 5.32 Å². The van der Waals surface area contributed by atoms with Crippen LogP contribution in [0.4, 0.5) is 19.0 Å². The monoisotopic (exact) mass is 246 g/mol. The first kappa shape index (κ1) is 13.8. The molecule has 1 aromatic rings. The van der Waals surface area contributed by atoms with Crippen molar-refractivity contribution >= 4 is 5.82 Å². The highest BCUT2D eigenvalue weighted by Gasteiger charge is 2.32. The van der Waals surface area contributed by atoms with Crippen molar-refractivity contribution in [2.24, 2.45) is 0 Å². The lowest BCUT2D eigenvalue weighted by Gasteiger charge is -2.17. The standard InChI is InChI=1S/C12H17F3N2/c1-7(2)10-5-9(12(13,14)15)6-16-11(10)17-8(3)4/h5-8H,1-4H3,(H,16,17). The Balaban J connectivity index is 3.18. The first-order valence-corrected chi connectivity index (χ1v) is 5.55. The molecular weight excluding hydrogens is 229 g/mol. The van der Waals surface area contributed by atoms with E-state index in [-0.39, 0.29) is 12.0 Å². The van der Waals surface area contributed by atoms with E-state index in [1.807, 2.05) is 27.7 Å². The zero-order valence-electron chi connectivity index (χ0n) is 10.4. The van der Waals surface area contributed by atoms with Gasteiger partial charge in [-0.1, -0.05) is 13.8 Å². The fourth-order valence-electron chi connectivity index (χ4n) is 1.47. The van der Waals surface area contributed by atoms with Crippen molar-refractivity contribution < 1.29 is 13.2 Å². The van der Waals surface area contributed by atoms with Gasteiger partial charge in [-0.3, -0.25) is 0 Å². The van der Waals surface area contributed by atoms with Gasteiger partial charge in [-0.25, -0.2) is 4.98 Å². The molecule has 1 rings (SSSR count). The van der Waals surface area contributed by atoms with Crippen molar-refractivity contribution in [1.29, 1.82) is 0 Å². The number of pyridine rings is 1. The highest BCUT2D eigenvalue weighted by Crippen LogP contribution is 2.33. The lowest BCUT2D eigenvalue weighted by atomic mass is 10.0. The summed E-state index contributed by atoms with van der Waals surface area (Å²) in [6, 6.07) is 1.30. The fourth-order valence-corrected chi connectivity index (χ4v) is 1.47. The quantitative estimate of drug-likeness (QED) is 0.870. The van der Waals surface area contributed by atoms with E-state index in [0.29, 0.717) is 11.4 Å². The van der Waals surface area contributed by atoms with Crippen LogP contribution < -0.4 is 5.32 Å². The third-order valence-electron chi connectivity index (χ3n) is 2.29. The van der Waals surface area contributed by atoms with E-state index in [1.54, 1.807) is 0 Å². The molecule has 0 aromatic carbocycles. The van der Waals surface area contributed by atoms with Gasteiger partial charge in [0.15, 0.2) is 0 Å². The number of nitrogens with zero attached hydrogens (tertiary/aromatic N) is 1. The molecule has 5 heteroatoms. The van der Waals surface area contributed by atoms with Crippen molar-refractivity contribution in [1.82, 2.24) is 4.98 Å². The molecule has 0 aliphatic heterocycles. The summed E-state index contributed by atoms with van der Waals surface area (Å²) in [7, 11) is 0. The molecule has 0 saturated heterocycles. The van der Waals surface area contributed by atoms with Crippen molar-refractivity contribution in [2.45, 2.75) is 45.8 Å². The Morgan fingerprint density at radius 1 is 1.18 bits per heavy atom. The molecule has 96 valence electrons. The summed E-state index contributed by atoms with van der Waals surface area (Å²) in [5.41, 5.74) is -0.107. The lowest BCUT2D eigenvalue weighted by molar-refractivity contribution is -0.137. The molecule has 0 saturated carbocycles. The predicted molar refractivity (Wildman–Crippen MR) is 62.1 cm³/mol. The molecule has 0 spiro atoms. The summed E-state index contributed by atoms with van der Waals surface area (Å²) < 4.78 is 37.7. The van der Waals surface area contributed by atoms with Crippen molar-refractivity contribution in [3.05, 3.63) is 23.4 Å². The smallest absolute Gasteiger partial charge is 0.368 e. The maximum Gasteiger partial charge on any atom is 0.417 e. The van der Waals surface area contributed by atoms with Gasteiger partial charge in [-0.2, -0.15) is 13.2 Å². The summed E-state index contributed by atoms with van der Waals surface area (Å²) in [5, 5.41) is 3.05. The van der Waals surface area contributed by atoms with Gasteiger partial charge >= 0.3 is 6.18 Å². The fraction of sp³-hybridized carbons (Fsp3) is 0.583. The van der Waals surface area contributed by atoms with E-state index in [4.69, 9.17) is 0 Å². The summed E-state index contributed by atoms with van der Waals surface area (Å²) in [6.45, 7) is 7.54. The topological polar surface area (TPSA) is 24.9 Å². The second-order valence-electron chi connectivity index (χ2n) is 4.61. The summed E-state index contributed by atoms with van der Waals surface area (Å²) >= 11 is 0. The first-order valence-electron chi connectivity index (χ1n) is 5.55. The molecular formula is C12H17F3N2. The van der Waals surface area contributed by atoms with Crippen molar-refractivity contribution in [3.8, 4) is 0 Å². The van der Waals surface area contributed by atoms with Crippen LogP contribution in [0.5, 0.6) is 0 Å². The molecule has 0 radical (unpaired) electrons. The normalized spacial score (nSPS) is 12.3. The van der Waals surface area contributed by atoms with E-state index in [1.165, 1.54) is 6.07 Å². The number of hydrogen-bond donors (Lipinski definition) is 1. The zero-order chi connectivity index (χ0) is 13.2. The Morgan fingerprint density at radius 2 is 1.76 bits per heavy atom. The summed E-state index contributed by atoms with van der Waals surface area (Å²) in [4.78, 5) is 3.88. The predicted octanol–water partition coefficient (Wildman–Crippen LogP) is 4.04. The Morgan fingerprint density at radius 3 is 2.18 bits per heavy atom. The molecule has 2 nitrogen and oxygen atoms in total. The molecule has 0 bridgehead atoms. The molecule has 0 atom stereocenters. The molecule has 0 unspecified atom stereocenters. The van der Waals surface area contributed by atoms with E-state index in [9.17, 15) is 13.2 Å². The highest BCUT2D eigenvalue weighted by atomic mass is 19.4. The SMILES string of the molecule is CC(C)Nc1ncc(C(F)(F)F)cc1C(C)C. The van der Waals surface area contributed by atoms with Crippen LogP contribution in [-0.2, 0) is 6.18 Å². The van der Waals surface area contributed by atoms with E-state index in [2.05, 4.69) is 10.3 Å². The third kappa shape index (κ3) is 3.61. The Kier molecular flexibility index (Phi) is 4.01. The van der Waals surface area contributed by atoms with Gasteiger partial charge in [-0.05, 0) is 31.4 Å². The Labute approximate surface area is 99.3 Å². The largest absolute Gasteiger partial charge is 0.417 e. The maximum atomic E-state index is 12.6. The van der Waals surface area contributed by atoms with Gasteiger partial charge in [0, 0.05) is 12.2 Å². The summed E-state index contributed by atoms with van der Waals surface area (Å²) in [5.74, 6) is 0.522. The minimum absolute atomic E-state index is 0.00829. The number of anilines is 1. The molecule has 1 N–H and O–H groups in total. The highest BCUT2D eigenvalue weighted by molar-refractivity contribution is 5.48. The molecule has 17 heavy (non-hydrogen) atoms. The van der Waals surface area contributed by atoms with Crippen molar-refractivity contribution in [3.63, 3.8) is 0 Å². The number of nitrogens with one attached hydrogen (secondary N) is 1. The van der Waals surface area contributed by atoms with Gasteiger partial charge in [0.25, 0.3) is 0 Å². The van der Waals surface area contributed by atoms with Gasteiger partial charge in [0.05, 0.1) is 5.56 Å². The average Bonchev–Trinajstić information content (AvgIpc) is 2.15. The van der Waals surface area contributed by atoms with Crippen LogP contribution in [-0.4, -0.2) is 11.0 Å². The van der Waals surface area contributed by atoms with Gasteiger partial charge < -0.3 is 5.32 Å². The first-order chi connectivity index (χ1) is 7.71. The number of aromatic nitrogens is 1. The summed E-state index contributed by atoms with van der Waals surface area (Å²) in [6.07, 6.45) is -3.47. The maximum absolute atomic E-state index is 12.6. The van der Waals surface area contributed by atoms with Gasteiger partial charge in [0.1, 0.15) is 5.82 Å². The minimum atomic E-state index is -4.34. The van der Waals surface area contributed by atoms with Crippen LogP contribution in [0, 0.1) is 0 Å². The Bertz CT molecular complexity index is 384. The third-order valence-corrected chi connectivity index (χ3v) is 2.29. The van der Waals surface area contributed by atoms with Crippen LogP contribution >= 0.6 is 0 Å². The number of hydrogen-bond acceptors (Lipinski definition) is 2. The second-order valence-corrected chi connectivity index (χ2v) is 4.61. The molecule has 0 fully saturated rings. The van der Waals surface area contributed by atoms with Gasteiger partial charge in [-0.15, -0.1) is 0 Å². The lowest BCUT2D eigenvalue weighted by Crippen LogP contribution is -2.15. The van der Waals surface area contributed by atoms with E-state index in [0.717, 1.165) is 6.20 Å². The zero-order valence-corrected chi connectivity index (χ0v) is 10.4. The van der Waals surface area contributed by atoms with Crippen LogP contribution in [0.1, 0.15) is 44.7 Å². The van der Waals surface area contributed by atoms with Crippen LogP contribution in [0.15, 0.2) is 12.3 Å². The number of alkyl halides is 3.